The van der Waals surface area contributed by atoms with E-state index in [0.717, 1.165) is 0 Å². The van der Waals surface area contributed by atoms with Gasteiger partial charge in [-0.25, -0.2) is 4.98 Å². The summed E-state index contributed by atoms with van der Waals surface area (Å²) in [5.74, 6) is 1.17. The van der Waals surface area contributed by atoms with Crippen molar-refractivity contribution in [3.63, 3.8) is 0 Å². The van der Waals surface area contributed by atoms with Crippen molar-refractivity contribution in [1.82, 2.24) is 9.88 Å². The average molecular weight is 287 g/mol. The van der Waals surface area contributed by atoms with Gasteiger partial charge in [0.15, 0.2) is 0 Å². The highest BCUT2D eigenvalue weighted by atomic mass is 15.2. The molecular weight excluding hydrogens is 258 g/mol. The highest BCUT2D eigenvalue weighted by molar-refractivity contribution is 5.40. The molecule has 2 fully saturated rings. The zero-order chi connectivity index (χ0) is 14.7. The molecule has 3 rings (SSSR count). The molecule has 2 aliphatic heterocycles. The van der Waals surface area contributed by atoms with E-state index in [1.807, 2.05) is 0 Å². The monoisotopic (exact) mass is 287 g/mol. The van der Waals surface area contributed by atoms with Crippen molar-refractivity contribution in [2.75, 3.05) is 24.5 Å². The van der Waals surface area contributed by atoms with Crippen LogP contribution in [0, 0.1) is 0 Å². The number of piperidine rings is 2. The molecule has 0 saturated carbocycles. The summed E-state index contributed by atoms with van der Waals surface area (Å²) in [6.45, 7) is 8.21. The van der Waals surface area contributed by atoms with Crippen LogP contribution in [0.15, 0.2) is 18.3 Å². The van der Waals surface area contributed by atoms with Crippen molar-refractivity contribution in [3.8, 4) is 0 Å². The lowest BCUT2D eigenvalue weighted by Gasteiger charge is -2.39. The number of pyridine rings is 1. The van der Waals surface area contributed by atoms with Crippen molar-refractivity contribution in [3.05, 3.63) is 23.9 Å². The van der Waals surface area contributed by atoms with Gasteiger partial charge in [-0.2, -0.15) is 0 Å². The van der Waals surface area contributed by atoms with Crippen LogP contribution in [0.1, 0.15) is 64.0 Å². The van der Waals surface area contributed by atoms with E-state index in [1.165, 1.54) is 69.5 Å². The maximum Gasteiger partial charge on any atom is 0.128 e. The quantitative estimate of drug-likeness (QED) is 0.837. The maximum atomic E-state index is 4.77. The lowest BCUT2D eigenvalue weighted by atomic mass is 9.95. The molecule has 3 heterocycles. The molecule has 0 N–H and O–H groups in total. The largest absolute Gasteiger partial charge is 0.357 e. The minimum absolute atomic E-state index is 0.571. The van der Waals surface area contributed by atoms with E-state index in [0.29, 0.717) is 12.1 Å². The summed E-state index contributed by atoms with van der Waals surface area (Å²) >= 11 is 0. The van der Waals surface area contributed by atoms with E-state index in [2.05, 4.69) is 42.0 Å². The van der Waals surface area contributed by atoms with Gasteiger partial charge in [-0.3, -0.25) is 4.90 Å². The molecule has 0 amide bonds. The minimum atomic E-state index is 0.571. The summed E-state index contributed by atoms with van der Waals surface area (Å²) in [4.78, 5) is 9.85. The van der Waals surface area contributed by atoms with Crippen molar-refractivity contribution in [1.29, 1.82) is 0 Å². The van der Waals surface area contributed by atoms with Gasteiger partial charge in [0, 0.05) is 31.4 Å². The summed E-state index contributed by atoms with van der Waals surface area (Å²) in [7, 11) is 0. The van der Waals surface area contributed by atoms with Crippen molar-refractivity contribution >= 4 is 5.82 Å². The summed E-state index contributed by atoms with van der Waals surface area (Å²) in [5.41, 5.74) is 1.41. The molecule has 1 aromatic rings. The third-order valence-electron chi connectivity index (χ3n) is 5.04. The van der Waals surface area contributed by atoms with Crippen LogP contribution in [0.4, 0.5) is 5.82 Å². The molecule has 3 heteroatoms. The fraction of sp³-hybridized carbons (Fsp3) is 0.722. The van der Waals surface area contributed by atoms with Crippen LogP contribution >= 0.6 is 0 Å². The first-order valence-corrected chi connectivity index (χ1v) is 8.72. The minimum Gasteiger partial charge on any atom is -0.357 e. The second kappa shape index (κ2) is 6.78. The van der Waals surface area contributed by atoms with Crippen LogP contribution in [0.5, 0.6) is 0 Å². The lowest BCUT2D eigenvalue weighted by Crippen LogP contribution is -2.38. The Balaban J connectivity index is 1.73. The van der Waals surface area contributed by atoms with Gasteiger partial charge in [-0.15, -0.1) is 0 Å². The fourth-order valence-corrected chi connectivity index (χ4v) is 3.83. The number of anilines is 1. The molecule has 21 heavy (non-hydrogen) atoms. The third-order valence-corrected chi connectivity index (χ3v) is 5.04. The molecule has 0 aromatic carbocycles. The molecule has 2 saturated heterocycles. The molecule has 0 unspecified atom stereocenters. The van der Waals surface area contributed by atoms with Crippen LogP contribution in [0.25, 0.3) is 0 Å². The summed E-state index contributed by atoms with van der Waals surface area (Å²) < 4.78 is 0. The Morgan fingerprint density at radius 3 is 2.43 bits per heavy atom. The highest BCUT2D eigenvalue weighted by Crippen LogP contribution is 2.32. The van der Waals surface area contributed by atoms with Crippen molar-refractivity contribution < 1.29 is 0 Å². The molecule has 116 valence electrons. The molecule has 0 spiro atoms. The molecule has 1 aromatic heterocycles. The number of likely N-dealkylation sites (tertiary alicyclic amines) is 1. The number of nitrogens with zero attached hydrogens (tertiary/aromatic N) is 3. The van der Waals surface area contributed by atoms with E-state index in [9.17, 15) is 0 Å². The van der Waals surface area contributed by atoms with Crippen LogP contribution in [-0.4, -0.2) is 35.6 Å². The van der Waals surface area contributed by atoms with Crippen molar-refractivity contribution in [2.24, 2.45) is 0 Å². The molecule has 3 nitrogen and oxygen atoms in total. The first-order chi connectivity index (χ1) is 10.3. The zero-order valence-corrected chi connectivity index (χ0v) is 13.6. The second-order valence-corrected chi connectivity index (χ2v) is 6.84. The summed E-state index contributed by atoms with van der Waals surface area (Å²) in [6, 6.07) is 5.76. The Hall–Kier alpha value is -1.09. The van der Waals surface area contributed by atoms with Crippen LogP contribution < -0.4 is 4.90 Å². The van der Waals surface area contributed by atoms with Gasteiger partial charge in [0.05, 0.1) is 0 Å². The Bertz CT molecular complexity index is 434. The number of hydrogen-bond donors (Lipinski definition) is 0. The molecule has 0 aliphatic carbocycles. The van der Waals surface area contributed by atoms with E-state index in [4.69, 9.17) is 4.98 Å². The van der Waals surface area contributed by atoms with Gasteiger partial charge < -0.3 is 4.90 Å². The molecule has 0 radical (unpaired) electrons. The normalized spacial score (nSPS) is 24.5. The Kier molecular flexibility index (Phi) is 4.79. The Morgan fingerprint density at radius 1 is 1.00 bits per heavy atom. The highest BCUT2D eigenvalue weighted by Gasteiger charge is 2.26. The second-order valence-electron chi connectivity index (χ2n) is 6.84. The summed E-state index contributed by atoms with van der Waals surface area (Å²) in [6.07, 6.45) is 10.1. The Labute approximate surface area is 129 Å². The lowest BCUT2D eigenvalue weighted by molar-refractivity contribution is 0.112. The number of rotatable bonds is 3. The van der Waals surface area contributed by atoms with Gasteiger partial charge in [0.25, 0.3) is 0 Å². The van der Waals surface area contributed by atoms with E-state index in [1.54, 1.807) is 0 Å². The zero-order valence-electron chi connectivity index (χ0n) is 13.6. The molecule has 0 bridgehead atoms. The smallest absolute Gasteiger partial charge is 0.128 e. The average Bonchev–Trinajstić information content (AvgIpc) is 2.56. The van der Waals surface area contributed by atoms with Crippen LogP contribution in [-0.2, 0) is 0 Å². The van der Waals surface area contributed by atoms with Gasteiger partial charge in [-0.05, 0) is 64.1 Å². The Morgan fingerprint density at radius 2 is 1.76 bits per heavy atom. The standard InChI is InChI=1S/C18H29N3/c1-15(2)21-13-7-4-8-17(21)16-9-10-18(19-14-16)20-11-5-3-6-12-20/h9-10,14-15,17H,3-8,11-13H2,1-2H3/t17-/m1/s1. The SMILES string of the molecule is CC(C)N1CCCC[C@@H]1c1ccc(N2CCCCC2)nc1. The molecule has 1 atom stereocenters. The van der Waals surface area contributed by atoms with Gasteiger partial charge in [-0.1, -0.05) is 12.5 Å². The predicted molar refractivity (Wildman–Crippen MR) is 88.7 cm³/mol. The van der Waals surface area contributed by atoms with Gasteiger partial charge >= 0.3 is 0 Å². The fourth-order valence-electron chi connectivity index (χ4n) is 3.83. The van der Waals surface area contributed by atoms with Crippen molar-refractivity contribution in [2.45, 2.75) is 64.5 Å². The van der Waals surface area contributed by atoms with Crippen LogP contribution in [0.2, 0.25) is 0 Å². The van der Waals surface area contributed by atoms with E-state index < -0.39 is 0 Å². The predicted octanol–water partition coefficient (Wildman–Crippen LogP) is 4.01. The topological polar surface area (TPSA) is 19.4 Å². The van der Waals surface area contributed by atoms with E-state index in [-0.39, 0.29) is 0 Å². The third kappa shape index (κ3) is 3.39. The number of hydrogen-bond acceptors (Lipinski definition) is 3. The molecular formula is C18H29N3. The van der Waals surface area contributed by atoms with Crippen LogP contribution in [0.3, 0.4) is 0 Å². The van der Waals surface area contributed by atoms with Gasteiger partial charge in [0.2, 0.25) is 0 Å². The maximum absolute atomic E-state index is 4.77. The molecule has 2 aliphatic rings. The first-order valence-electron chi connectivity index (χ1n) is 8.72. The van der Waals surface area contributed by atoms with Gasteiger partial charge in [0.1, 0.15) is 5.82 Å². The summed E-state index contributed by atoms with van der Waals surface area (Å²) in [5, 5.41) is 0. The number of aromatic nitrogens is 1. The van der Waals surface area contributed by atoms with E-state index >= 15 is 0 Å². The first kappa shape index (κ1) is 14.8.